The Morgan fingerprint density at radius 3 is 2.52 bits per heavy atom. The van der Waals surface area contributed by atoms with Gasteiger partial charge in [0, 0.05) is 7.11 Å². The zero-order valence-corrected chi connectivity index (χ0v) is 12.7. The number of carbonyl (C=O) groups is 1. The lowest BCUT2D eigenvalue weighted by Gasteiger charge is -2.32. The van der Waals surface area contributed by atoms with E-state index in [0.717, 1.165) is 25.7 Å². The molecule has 0 aromatic carbocycles. The summed E-state index contributed by atoms with van der Waals surface area (Å²) in [6.07, 6.45) is 6.63. The van der Waals surface area contributed by atoms with Gasteiger partial charge in [-0.1, -0.05) is 24.4 Å². The van der Waals surface area contributed by atoms with E-state index >= 15 is 0 Å². The van der Waals surface area contributed by atoms with Crippen molar-refractivity contribution in [3.8, 4) is 0 Å². The number of methoxy groups -OCH3 is 1. The molecule has 2 aliphatic rings. The number of hydrogen-bond acceptors (Lipinski definition) is 6. The highest BCUT2D eigenvalue weighted by Gasteiger charge is 2.58. The van der Waals surface area contributed by atoms with Crippen LogP contribution in [0, 0.1) is 0 Å². The summed E-state index contributed by atoms with van der Waals surface area (Å²) in [7, 11) is 1.69. The quantitative estimate of drug-likeness (QED) is 0.777. The van der Waals surface area contributed by atoms with Crippen molar-refractivity contribution in [1.29, 1.82) is 0 Å². The smallest absolute Gasteiger partial charge is 0.321 e. The average molecular weight is 294 g/mol. The van der Waals surface area contributed by atoms with Crippen LogP contribution in [0.5, 0.6) is 0 Å². The summed E-state index contributed by atoms with van der Waals surface area (Å²) in [6.45, 7) is 2.17. The van der Waals surface area contributed by atoms with E-state index in [0.29, 0.717) is 31.2 Å². The molecule has 0 radical (unpaired) electrons. The van der Waals surface area contributed by atoms with E-state index in [4.69, 9.17) is 14.0 Å². The number of hydrogen-bond donors (Lipinski definition) is 0. The number of carbonyl (C=O) groups excluding carboxylic acids is 1. The van der Waals surface area contributed by atoms with Crippen LogP contribution in [-0.2, 0) is 25.3 Å². The predicted octanol–water partition coefficient (Wildman–Crippen LogP) is 2.47. The van der Waals surface area contributed by atoms with E-state index < -0.39 is 11.0 Å². The van der Waals surface area contributed by atoms with Crippen LogP contribution in [0.3, 0.4) is 0 Å². The van der Waals surface area contributed by atoms with Gasteiger partial charge in [0.05, 0.1) is 6.61 Å². The highest BCUT2D eigenvalue weighted by Crippen LogP contribution is 2.49. The van der Waals surface area contributed by atoms with Gasteiger partial charge in [0.2, 0.25) is 11.7 Å². The normalized spacial score (nSPS) is 22.8. The third-order valence-corrected chi connectivity index (χ3v) is 4.71. The van der Waals surface area contributed by atoms with Gasteiger partial charge in [0.1, 0.15) is 11.0 Å². The topological polar surface area (TPSA) is 74.5 Å². The van der Waals surface area contributed by atoms with E-state index in [1.807, 2.05) is 0 Å². The average Bonchev–Trinajstić information content (AvgIpc) is 3.18. The first kappa shape index (κ1) is 14.5. The molecule has 0 atom stereocenters. The van der Waals surface area contributed by atoms with Crippen molar-refractivity contribution in [3.05, 3.63) is 11.7 Å². The van der Waals surface area contributed by atoms with Crippen molar-refractivity contribution in [2.24, 2.45) is 0 Å². The first-order chi connectivity index (χ1) is 10.2. The van der Waals surface area contributed by atoms with Crippen LogP contribution in [0.15, 0.2) is 4.52 Å². The van der Waals surface area contributed by atoms with Crippen LogP contribution >= 0.6 is 0 Å². The number of nitrogens with zero attached hydrogens (tertiary/aromatic N) is 2. The summed E-state index contributed by atoms with van der Waals surface area (Å²) in [4.78, 5) is 16.6. The van der Waals surface area contributed by atoms with Crippen molar-refractivity contribution in [2.75, 3.05) is 13.7 Å². The Morgan fingerprint density at radius 2 is 1.95 bits per heavy atom. The van der Waals surface area contributed by atoms with Crippen molar-refractivity contribution in [3.63, 3.8) is 0 Å². The molecule has 0 amide bonds. The molecule has 1 aromatic heterocycles. The fourth-order valence-corrected chi connectivity index (χ4v) is 3.14. The van der Waals surface area contributed by atoms with E-state index in [1.54, 1.807) is 14.0 Å². The molecule has 0 aliphatic heterocycles. The Labute approximate surface area is 124 Å². The molecule has 1 aromatic rings. The summed E-state index contributed by atoms with van der Waals surface area (Å²) >= 11 is 0. The summed E-state index contributed by atoms with van der Waals surface area (Å²) in [5.41, 5.74) is -1.16. The molecule has 116 valence electrons. The molecule has 6 heteroatoms. The number of esters is 1. The zero-order valence-electron chi connectivity index (χ0n) is 12.7. The second kappa shape index (κ2) is 5.40. The molecule has 2 aliphatic carbocycles. The van der Waals surface area contributed by atoms with E-state index in [1.165, 1.54) is 6.42 Å². The van der Waals surface area contributed by atoms with Gasteiger partial charge in [-0.3, -0.25) is 4.79 Å². The molecule has 2 saturated carbocycles. The lowest BCUT2D eigenvalue weighted by molar-refractivity contribution is -0.146. The minimum atomic E-state index is -0.704. The third-order valence-electron chi connectivity index (χ3n) is 4.71. The van der Waals surface area contributed by atoms with Crippen molar-refractivity contribution in [1.82, 2.24) is 10.1 Å². The van der Waals surface area contributed by atoms with E-state index in [2.05, 4.69) is 10.1 Å². The van der Waals surface area contributed by atoms with E-state index in [9.17, 15) is 4.79 Å². The third kappa shape index (κ3) is 2.35. The number of aromatic nitrogens is 2. The van der Waals surface area contributed by atoms with Gasteiger partial charge in [-0.05, 0) is 32.6 Å². The molecular formula is C15H22N2O4. The molecule has 0 spiro atoms. The Hall–Kier alpha value is -1.43. The molecule has 0 N–H and O–H groups in total. The minimum Gasteiger partial charge on any atom is -0.465 e. The first-order valence-electron chi connectivity index (χ1n) is 7.74. The fourth-order valence-electron chi connectivity index (χ4n) is 3.14. The summed E-state index contributed by atoms with van der Waals surface area (Å²) < 4.78 is 16.2. The molecule has 0 saturated heterocycles. The van der Waals surface area contributed by atoms with Gasteiger partial charge < -0.3 is 14.0 Å². The molecule has 3 rings (SSSR count). The molecule has 0 unspecified atom stereocenters. The lowest BCUT2D eigenvalue weighted by Crippen LogP contribution is -2.32. The SMILES string of the molecule is CCOC(=O)C1(c2nc(C3(OC)CCCCC3)no2)CC1. The molecule has 6 nitrogen and oxygen atoms in total. The minimum absolute atomic E-state index is 0.254. The maximum absolute atomic E-state index is 12.1. The predicted molar refractivity (Wildman–Crippen MR) is 73.6 cm³/mol. The maximum atomic E-state index is 12.1. The molecule has 2 fully saturated rings. The molecule has 1 heterocycles. The standard InChI is InChI=1S/C15H22N2O4/c1-3-20-13(18)14(9-10-14)12-16-11(17-21-12)15(19-2)7-5-4-6-8-15/h3-10H2,1-2H3. The zero-order chi connectivity index (χ0) is 14.9. The monoisotopic (exact) mass is 294 g/mol. The Kier molecular flexibility index (Phi) is 3.73. The fraction of sp³-hybridized carbons (Fsp3) is 0.800. The number of ether oxygens (including phenoxy) is 2. The van der Waals surface area contributed by atoms with Crippen LogP contribution < -0.4 is 0 Å². The Morgan fingerprint density at radius 1 is 1.24 bits per heavy atom. The van der Waals surface area contributed by atoms with E-state index in [-0.39, 0.29) is 5.97 Å². The summed E-state index contributed by atoms with van der Waals surface area (Å²) in [5.74, 6) is 0.712. The second-order valence-electron chi connectivity index (χ2n) is 5.98. The van der Waals surface area contributed by atoms with Gasteiger partial charge in [-0.25, -0.2) is 0 Å². The van der Waals surface area contributed by atoms with Crippen molar-refractivity contribution >= 4 is 5.97 Å². The first-order valence-corrected chi connectivity index (χ1v) is 7.74. The molecule has 21 heavy (non-hydrogen) atoms. The lowest BCUT2D eigenvalue weighted by atomic mass is 9.84. The molecular weight excluding hydrogens is 272 g/mol. The maximum Gasteiger partial charge on any atom is 0.321 e. The van der Waals surface area contributed by atoms with Crippen LogP contribution in [0.4, 0.5) is 0 Å². The largest absolute Gasteiger partial charge is 0.465 e. The van der Waals surface area contributed by atoms with Gasteiger partial charge in [-0.2, -0.15) is 4.98 Å². The van der Waals surface area contributed by atoms with Crippen LogP contribution in [0.1, 0.15) is 63.6 Å². The van der Waals surface area contributed by atoms with Crippen molar-refractivity contribution in [2.45, 2.75) is 62.9 Å². The van der Waals surface area contributed by atoms with Crippen LogP contribution in [-0.4, -0.2) is 29.8 Å². The van der Waals surface area contributed by atoms with Gasteiger partial charge in [-0.15, -0.1) is 0 Å². The van der Waals surface area contributed by atoms with Gasteiger partial charge in [0.15, 0.2) is 0 Å². The van der Waals surface area contributed by atoms with Gasteiger partial charge >= 0.3 is 5.97 Å². The summed E-state index contributed by atoms with van der Waals surface area (Å²) in [5, 5.41) is 4.11. The van der Waals surface area contributed by atoms with Crippen molar-refractivity contribution < 1.29 is 18.8 Å². The highest BCUT2D eigenvalue weighted by atomic mass is 16.5. The Bertz CT molecular complexity index is 515. The van der Waals surface area contributed by atoms with Gasteiger partial charge in [0.25, 0.3) is 0 Å². The van der Waals surface area contributed by atoms with Crippen LogP contribution in [0.2, 0.25) is 0 Å². The van der Waals surface area contributed by atoms with Crippen LogP contribution in [0.25, 0.3) is 0 Å². The Balaban J connectivity index is 1.85. The highest BCUT2D eigenvalue weighted by molar-refractivity contribution is 5.85. The second-order valence-corrected chi connectivity index (χ2v) is 5.98. The summed E-state index contributed by atoms with van der Waals surface area (Å²) in [6, 6.07) is 0. The molecule has 0 bridgehead atoms. The number of rotatable bonds is 5.